The van der Waals surface area contributed by atoms with Crippen LogP contribution in [0.15, 0.2) is 36.4 Å². The van der Waals surface area contributed by atoms with Crippen LogP contribution >= 0.6 is 0 Å². The van der Waals surface area contributed by atoms with E-state index in [2.05, 4.69) is 0 Å². The Morgan fingerprint density at radius 2 is 1.43 bits per heavy atom. The highest BCUT2D eigenvalue weighted by Crippen LogP contribution is 2.32. The van der Waals surface area contributed by atoms with Crippen LogP contribution in [-0.2, 0) is 0 Å². The highest BCUT2D eigenvalue weighted by Gasteiger charge is 2.07. The van der Waals surface area contributed by atoms with E-state index in [-0.39, 0.29) is 0 Å². The molecule has 0 aliphatic carbocycles. The van der Waals surface area contributed by atoms with Crippen LogP contribution < -0.4 is 19.9 Å². The fraction of sp³-hybridized carbons (Fsp3) is 0.176. The second-order valence-electron chi connectivity index (χ2n) is 4.44. The van der Waals surface area contributed by atoms with Crippen molar-refractivity contribution in [1.82, 2.24) is 0 Å². The molecular weight excluding hydrogens is 266 g/mol. The summed E-state index contributed by atoms with van der Waals surface area (Å²) in [5.74, 6) is 2.11. The fourth-order valence-electron chi connectivity index (χ4n) is 1.96. The van der Waals surface area contributed by atoms with Crippen molar-refractivity contribution in [1.29, 1.82) is 0 Å². The van der Waals surface area contributed by atoms with Crippen LogP contribution in [0.25, 0.3) is 12.2 Å². The number of rotatable bonds is 5. The van der Waals surface area contributed by atoms with E-state index in [0.29, 0.717) is 17.2 Å². The highest BCUT2D eigenvalue weighted by molar-refractivity contribution is 5.78. The number of ether oxygens (including phenoxy) is 3. The van der Waals surface area contributed by atoms with Gasteiger partial charge < -0.3 is 19.9 Å². The van der Waals surface area contributed by atoms with Crippen molar-refractivity contribution in [2.24, 2.45) is 0 Å². The lowest BCUT2D eigenvalue weighted by molar-refractivity contribution is 0.355. The number of nitrogen functional groups attached to an aromatic ring is 1. The van der Waals surface area contributed by atoms with Gasteiger partial charge in [-0.1, -0.05) is 24.3 Å². The Morgan fingerprint density at radius 1 is 0.810 bits per heavy atom. The Labute approximate surface area is 124 Å². The minimum absolute atomic E-state index is 0.622. The summed E-state index contributed by atoms with van der Waals surface area (Å²) < 4.78 is 15.6. The molecule has 4 heteroatoms. The Balaban J connectivity index is 2.27. The lowest BCUT2D eigenvalue weighted by Crippen LogP contribution is -1.95. The molecule has 0 unspecified atom stereocenters. The smallest absolute Gasteiger partial charge is 0.162 e. The zero-order valence-electron chi connectivity index (χ0n) is 12.4. The maximum atomic E-state index is 6.02. The van der Waals surface area contributed by atoms with Crippen molar-refractivity contribution < 1.29 is 14.2 Å². The molecule has 2 aromatic rings. The van der Waals surface area contributed by atoms with Gasteiger partial charge in [0.1, 0.15) is 5.75 Å². The summed E-state index contributed by atoms with van der Waals surface area (Å²) in [6.07, 6.45) is 3.93. The van der Waals surface area contributed by atoms with Gasteiger partial charge in [-0.25, -0.2) is 0 Å². The zero-order chi connectivity index (χ0) is 15.2. The summed E-state index contributed by atoms with van der Waals surface area (Å²) in [7, 11) is 4.84. The van der Waals surface area contributed by atoms with E-state index in [9.17, 15) is 0 Å². The molecule has 0 aliphatic heterocycles. The molecule has 4 nitrogen and oxygen atoms in total. The molecule has 2 aromatic carbocycles. The molecule has 0 heterocycles. The van der Waals surface area contributed by atoms with Crippen molar-refractivity contribution in [2.75, 3.05) is 27.1 Å². The minimum Gasteiger partial charge on any atom is -0.497 e. The molecule has 0 radical (unpaired) electrons. The predicted octanol–water partition coefficient (Wildman–Crippen LogP) is 3.47. The third-order valence-corrected chi connectivity index (χ3v) is 3.16. The maximum Gasteiger partial charge on any atom is 0.162 e. The summed E-state index contributed by atoms with van der Waals surface area (Å²) in [5, 5.41) is 0. The number of anilines is 1. The topological polar surface area (TPSA) is 53.7 Å². The average Bonchev–Trinajstić information content (AvgIpc) is 2.53. The summed E-state index contributed by atoms with van der Waals surface area (Å²) in [5.41, 5.74) is 8.60. The molecule has 0 atom stereocenters. The van der Waals surface area contributed by atoms with E-state index in [4.69, 9.17) is 19.9 Å². The maximum absolute atomic E-state index is 6.02. The first-order valence-corrected chi connectivity index (χ1v) is 6.51. The molecule has 0 bridgehead atoms. The first-order valence-electron chi connectivity index (χ1n) is 6.51. The van der Waals surface area contributed by atoms with Gasteiger partial charge in [-0.2, -0.15) is 0 Å². The molecule has 0 saturated heterocycles. The van der Waals surface area contributed by atoms with Crippen molar-refractivity contribution in [2.45, 2.75) is 0 Å². The molecule has 110 valence electrons. The van der Waals surface area contributed by atoms with E-state index in [1.54, 1.807) is 27.4 Å². The summed E-state index contributed by atoms with van der Waals surface area (Å²) in [6, 6.07) is 11.4. The molecule has 2 rings (SSSR count). The first-order chi connectivity index (χ1) is 10.2. The Morgan fingerprint density at radius 3 is 2.00 bits per heavy atom. The van der Waals surface area contributed by atoms with Gasteiger partial charge in [0.25, 0.3) is 0 Å². The van der Waals surface area contributed by atoms with E-state index in [1.807, 2.05) is 42.5 Å². The van der Waals surface area contributed by atoms with E-state index in [0.717, 1.165) is 16.9 Å². The predicted molar refractivity (Wildman–Crippen MR) is 85.9 cm³/mol. The Bertz CT molecular complexity index is 633. The minimum atomic E-state index is 0.622. The van der Waals surface area contributed by atoms with E-state index >= 15 is 0 Å². The standard InChI is InChI=1S/C17H19NO3/c1-19-14-8-5-12(6-9-14)4-7-13-10-16(20-2)17(21-3)11-15(13)18/h4-11H,18H2,1-3H3/b7-4+. The first kappa shape index (κ1) is 14.8. The van der Waals surface area contributed by atoms with E-state index < -0.39 is 0 Å². The second-order valence-corrected chi connectivity index (χ2v) is 4.44. The van der Waals surface area contributed by atoms with Gasteiger partial charge in [0.05, 0.1) is 21.3 Å². The highest BCUT2D eigenvalue weighted by atomic mass is 16.5. The van der Waals surface area contributed by atoms with Crippen molar-refractivity contribution >= 4 is 17.8 Å². The van der Waals surface area contributed by atoms with Gasteiger partial charge in [0.2, 0.25) is 0 Å². The zero-order valence-corrected chi connectivity index (χ0v) is 12.4. The lowest BCUT2D eigenvalue weighted by atomic mass is 10.1. The molecule has 0 fully saturated rings. The largest absolute Gasteiger partial charge is 0.497 e. The van der Waals surface area contributed by atoms with Gasteiger partial charge in [-0.15, -0.1) is 0 Å². The van der Waals surface area contributed by atoms with Crippen LogP contribution in [0.4, 0.5) is 5.69 Å². The summed E-state index contributed by atoms with van der Waals surface area (Å²) in [6.45, 7) is 0. The van der Waals surface area contributed by atoms with E-state index in [1.165, 1.54) is 0 Å². The molecule has 0 aromatic heterocycles. The Hall–Kier alpha value is -2.62. The second kappa shape index (κ2) is 6.70. The summed E-state index contributed by atoms with van der Waals surface area (Å²) >= 11 is 0. The lowest BCUT2D eigenvalue weighted by Gasteiger charge is -2.10. The van der Waals surface area contributed by atoms with Crippen LogP contribution in [0.1, 0.15) is 11.1 Å². The van der Waals surface area contributed by atoms with Crippen LogP contribution in [0.3, 0.4) is 0 Å². The SMILES string of the molecule is COc1ccc(/C=C/c2cc(OC)c(OC)cc2N)cc1. The number of benzene rings is 2. The molecular formula is C17H19NO3. The van der Waals surface area contributed by atoms with Gasteiger partial charge in [0, 0.05) is 17.3 Å². The quantitative estimate of drug-likeness (QED) is 0.675. The van der Waals surface area contributed by atoms with Crippen LogP contribution in [0.5, 0.6) is 17.2 Å². The molecule has 0 saturated carbocycles. The monoisotopic (exact) mass is 285 g/mol. The molecule has 0 amide bonds. The van der Waals surface area contributed by atoms with Gasteiger partial charge in [-0.05, 0) is 23.8 Å². The molecule has 2 N–H and O–H groups in total. The number of hydrogen-bond donors (Lipinski definition) is 1. The molecule has 21 heavy (non-hydrogen) atoms. The third-order valence-electron chi connectivity index (χ3n) is 3.16. The van der Waals surface area contributed by atoms with Crippen LogP contribution in [-0.4, -0.2) is 21.3 Å². The number of nitrogens with two attached hydrogens (primary N) is 1. The van der Waals surface area contributed by atoms with Crippen molar-refractivity contribution in [3.63, 3.8) is 0 Å². The fourth-order valence-corrected chi connectivity index (χ4v) is 1.96. The summed E-state index contributed by atoms with van der Waals surface area (Å²) in [4.78, 5) is 0. The third kappa shape index (κ3) is 3.48. The van der Waals surface area contributed by atoms with Crippen molar-refractivity contribution in [3.05, 3.63) is 47.5 Å². The van der Waals surface area contributed by atoms with Crippen LogP contribution in [0.2, 0.25) is 0 Å². The van der Waals surface area contributed by atoms with Gasteiger partial charge in [0.15, 0.2) is 11.5 Å². The van der Waals surface area contributed by atoms with Crippen LogP contribution in [0, 0.1) is 0 Å². The Kier molecular flexibility index (Phi) is 4.72. The molecule has 0 spiro atoms. The van der Waals surface area contributed by atoms with Gasteiger partial charge in [-0.3, -0.25) is 0 Å². The number of methoxy groups -OCH3 is 3. The normalized spacial score (nSPS) is 10.6. The van der Waals surface area contributed by atoms with Gasteiger partial charge >= 0.3 is 0 Å². The molecule has 0 aliphatic rings. The number of hydrogen-bond acceptors (Lipinski definition) is 4. The van der Waals surface area contributed by atoms with Crippen molar-refractivity contribution in [3.8, 4) is 17.2 Å². The average molecular weight is 285 g/mol.